The summed E-state index contributed by atoms with van der Waals surface area (Å²) >= 11 is 0. The Morgan fingerprint density at radius 3 is 2.44 bits per heavy atom. The van der Waals surface area contributed by atoms with Crippen LogP contribution in [0.3, 0.4) is 0 Å². The van der Waals surface area contributed by atoms with Gasteiger partial charge >= 0.3 is 0 Å². The molecule has 4 rings (SSSR count). The number of ether oxygens (including phenoxy) is 1. The smallest absolute Gasteiger partial charge is 0.161 e. The highest BCUT2D eigenvalue weighted by atomic mass is 16.5. The van der Waals surface area contributed by atoms with E-state index >= 15 is 0 Å². The Balaban J connectivity index is 1.79. The zero-order chi connectivity index (χ0) is 18.8. The first-order valence-electron chi connectivity index (χ1n) is 8.88. The summed E-state index contributed by atoms with van der Waals surface area (Å²) in [4.78, 5) is 8.93. The van der Waals surface area contributed by atoms with Crippen molar-refractivity contribution in [3.63, 3.8) is 0 Å². The number of pyridine rings is 2. The lowest BCUT2D eigenvalue weighted by Crippen LogP contribution is -1.97. The summed E-state index contributed by atoms with van der Waals surface area (Å²) < 4.78 is 5.28. The maximum absolute atomic E-state index is 5.28. The Morgan fingerprint density at radius 2 is 1.67 bits per heavy atom. The topological polar surface area (TPSA) is 47.0 Å². The van der Waals surface area contributed by atoms with Gasteiger partial charge < -0.3 is 10.1 Å². The van der Waals surface area contributed by atoms with Crippen LogP contribution in [-0.4, -0.2) is 17.1 Å². The van der Waals surface area contributed by atoms with Crippen LogP contribution in [0.5, 0.6) is 5.75 Å². The first-order chi connectivity index (χ1) is 13.1. The lowest BCUT2D eigenvalue weighted by Gasteiger charge is -2.15. The quantitative estimate of drug-likeness (QED) is 0.513. The molecule has 0 radical (unpaired) electrons. The van der Waals surface area contributed by atoms with Crippen LogP contribution >= 0.6 is 0 Å². The average molecular weight is 355 g/mol. The number of anilines is 2. The summed E-state index contributed by atoms with van der Waals surface area (Å²) in [6, 6.07) is 20.6. The minimum atomic E-state index is 0.749. The van der Waals surface area contributed by atoms with E-state index in [1.165, 1.54) is 5.56 Å². The van der Waals surface area contributed by atoms with Crippen LogP contribution in [0.25, 0.3) is 22.2 Å². The zero-order valence-electron chi connectivity index (χ0n) is 15.7. The van der Waals surface area contributed by atoms with Crippen molar-refractivity contribution < 1.29 is 4.74 Å². The van der Waals surface area contributed by atoms with Gasteiger partial charge in [-0.05, 0) is 61.4 Å². The first-order valence-corrected chi connectivity index (χ1v) is 8.88. The van der Waals surface area contributed by atoms with Crippen molar-refractivity contribution in [3.05, 3.63) is 78.1 Å². The van der Waals surface area contributed by atoms with Gasteiger partial charge in [0.15, 0.2) is 5.65 Å². The molecule has 1 N–H and O–H groups in total. The van der Waals surface area contributed by atoms with E-state index in [-0.39, 0.29) is 0 Å². The zero-order valence-corrected chi connectivity index (χ0v) is 15.7. The van der Waals surface area contributed by atoms with Gasteiger partial charge in [-0.2, -0.15) is 0 Å². The van der Waals surface area contributed by atoms with Crippen molar-refractivity contribution in [1.82, 2.24) is 9.97 Å². The number of benzene rings is 2. The minimum Gasteiger partial charge on any atom is -0.497 e. The Hall–Kier alpha value is -3.40. The third-order valence-electron chi connectivity index (χ3n) is 4.59. The van der Waals surface area contributed by atoms with Crippen molar-refractivity contribution in [2.24, 2.45) is 0 Å². The van der Waals surface area contributed by atoms with Crippen LogP contribution in [0.2, 0.25) is 0 Å². The number of nitrogens with one attached hydrogen (secondary N) is 1. The summed E-state index contributed by atoms with van der Waals surface area (Å²) in [7, 11) is 1.68. The second kappa shape index (κ2) is 7.08. The summed E-state index contributed by atoms with van der Waals surface area (Å²) in [6.45, 7) is 4.07. The van der Waals surface area contributed by atoms with Gasteiger partial charge in [-0.3, -0.25) is 0 Å². The molecular formula is C23H21N3O. The second-order valence-electron chi connectivity index (χ2n) is 6.58. The SMILES string of the molecule is COc1ccc(-c2ccc(C)cc2Nc2ccnc3nc(C)ccc23)cc1. The van der Waals surface area contributed by atoms with E-state index in [2.05, 4.69) is 58.6 Å². The molecule has 2 aromatic heterocycles. The molecule has 0 saturated heterocycles. The Bertz CT molecular complexity index is 1100. The van der Waals surface area contributed by atoms with E-state index in [0.717, 1.165) is 45.0 Å². The van der Waals surface area contributed by atoms with Gasteiger partial charge in [-0.15, -0.1) is 0 Å². The molecule has 2 aromatic carbocycles. The van der Waals surface area contributed by atoms with Crippen molar-refractivity contribution in [2.45, 2.75) is 13.8 Å². The van der Waals surface area contributed by atoms with Crippen molar-refractivity contribution in [2.75, 3.05) is 12.4 Å². The van der Waals surface area contributed by atoms with Crippen molar-refractivity contribution in [1.29, 1.82) is 0 Å². The van der Waals surface area contributed by atoms with Gasteiger partial charge in [-0.1, -0.05) is 24.3 Å². The van der Waals surface area contributed by atoms with Gasteiger partial charge in [0.2, 0.25) is 0 Å². The van der Waals surface area contributed by atoms with Crippen molar-refractivity contribution >= 4 is 22.4 Å². The summed E-state index contributed by atoms with van der Waals surface area (Å²) in [6.07, 6.45) is 1.79. The van der Waals surface area contributed by atoms with Gasteiger partial charge in [0.25, 0.3) is 0 Å². The van der Waals surface area contributed by atoms with Crippen LogP contribution in [-0.2, 0) is 0 Å². The van der Waals surface area contributed by atoms with E-state index in [4.69, 9.17) is 4.74 Å². The predicted molar refractivity (Wildman–Crippen MR) is 111 cm³/mol. The van der Waals surface area contributed by atoms with E-state index < -0.39 is 0 Å². The maximum Gasteiger partial charge on any atom is 0.161 e. The van der Waals surface area contributed by atoms with E-state index in [1.54, 1.807) is 13.3 Å². The molecule has 2 heterocycles. The second-order valence-corrected chi connectivity index (χ2v) is 6.58. The molecule has 27 heavy (non-hydrogen) atoms. The lowest BCUT2D eigenvalue weighted by molar-refractivity contribution is 0.415. The van der Waals surface area contributed by atoms with Crippen LogP contribution in [0.4, 0.5) is 11.4 Å². The Morgan fingerprint density at radius 1 is 0.852 bits per heavy atom. The summed E-state index contributed by atoms with van der Waals surface area (Å²) in [5, 5.41) is 4.60. The molecule has 0 fully saturated rings. The molecular weight excluding hydrogens is 334 g/mol. The van der Waals surface area contributed by atoms with E-state index in [9.17, 15) is 0 Å². The van der Waals surface area contributed by atoms with Crippen LogP contribution in [0.15, 0.2) is 66.9 Å². The fourth-order valence-corrected chi connectivity index (χ4v) is 3.16. The number of hydrogen-bond donors (Lipinski definition) is 1. The van der Waals surface area contributed by atoms with Crippen LogP contribution < -0.4 is 10.1 Å². The number of nitrogens with zero attached hydrogens (tertiary/aromatic N) is 2. The fourth-order valence-electron chi connectivity index (χ4n) is 3.16. The monoisotopic (exact) mass is 355 g/mol. The molecule has 0 aliphatic carbocycles. The predicted octanol–water partition coefficient (Wildman–Crippen LogP) is 5.67. The molecule has 0 unspecified atom stereocenters. The third kappa shape index (κ3) is 3.47. The van der Waals surface area contributed by atoms with Gasteiger partial charge in [0, 0.05) is 28.5 Å². The molecule has 0 aliphatic rings. The third-order valence-corrected chi connectivity index (χ3v) is 4.59. The molecule has 0 spiro atoms. The normalized spacial score (nSPS) is 10.8. The van der Waals surface area contributed by atoms with Gasteiger partial charge in [0.05, 0.1) is 12.8 Å². The largest absolute Gasteiger partial charge is 0.497 e. The van der Waals surface area contributed by atoms with Crippen LogP contribution in [0, 0.1) is 13.8 Å². The molecule has 134 valence electrons. The van der Waals surface area contributed by atoms with Crippen LogP contribution in [0.1, 0.15) is 11.3 Å². The molecule has 4 nitrogen and oxygen atoms in total. The number of hydrogen-bond acceptors (Lipinski definition) is 4. The molecule has 0 saturated carbocycles. The highest BCUT2D eigenvalue weighted by Crippen LogP contribution is 2.34. The van der Waals surface area contributed by atoms with Gasteiger partial charge in [0.1, 0.15) is 5.75 Å². The number of rotatable bonds is 4. The molecule has 4 aromatic rings. The molecule has 4 heteroatoms. The summed E-state index contributed by atoms with van der Waals surface area (Å²) in [5.74, 6) is 0.849. The number of fused-ring (bicyclic) bond motifs is 1. The highest BCUT2D eigenvalue weighted by molar-refractivity contribution is 5.93. The van der Waals surface area contributed by atoms with Gasteiger partial charge in [-0.25, -0.2) is 9.97 Å². The van der Waals surface area contributed by atoms with E-state index in [0.29, 0.717) is 0 Å². The average Bonchev–Trinajstić information content (AvgIpc) is 2.68. The Kier molecular flexibility index (Phi) is 4.47. The first kappa shape index (κ1) is 17.0. The highest BCUT2D eigenvalue weighted by Gasteiger charge is 2.09. The molecule has 0 aliphatic heterocycles. The molecule has 0 atom stereocenters. The number of methoxy groups -OCH3 is 1. The van der Waals surface area contributed by atoms with E-state index in [1.807, 2.05) is 31.2 Å². The number of aryl methyl sites for hydroxylation is 2. The standard InChI is InChI=1S/C23H21N3O/c1-15-4-10-19(17-6-8-18(27-3)9-7-17)22(14-15)26-21-12-13-24-23-20(21)11-5-16(2)25-23/h4-14H,1-3H3,(H,24,25,26). The summed E-state index contributed by atoms with van der Waals surface area (Å²) in [5.41, 5.74) is 7.21. The molecule has 0 bridgehead atoms. The minimum absolute atomic E-state index is 0.749. The number of aromatic nitrogens is 2. The lowest BCUT2D eigenvalue weighted by atomic mass is 10.0. The Labute approximate surface area is 158 Å². The maximum atomic E-state index is 5.28. The van der Waals surface area contributed by atoms with Crippen molar-refractivity contribution in [3.8, 4) is 16.9 Å². The molecule has 0 amide bonds. The fraction of sp³-hybridized carbons (Fsp3) is 0.130.